The fourth-order valence-electron chi connectivity index (χ4n) is 2.12. The second kappa shape index (κ2) is 9.90. The second-order valence-electron chi connectivity index (χ2n) is 5.28. The summed E-state index contributed by atoms with van der Waals surface area (Å²) < 4.78 is 38.3. The molecule has 0 aliphatic heterocycles. The van der Waals surface area contributed by atoms with Crippen LogP contribution >= 0.6 is 11.8 Å². The summed E-state index contributed by atoms with van der Waals surface area (Å²) in [4.78, 5) is 12.1. The molecule has 0 heterocycles. The van der Waals surface area contributed by atoms with Crippen LogP contribution in [0.5, 0.6) is 0 Å². The highest BCUT2D eigenvalue weighted by atomic mass is 32.2. The maximum atomic E-state index is 12.8. The minimum Gasteiger partial charge on any atom is -0.294 e. The van der Waals surface area contributed by atoms with Crippen LogP contribution in [-0.4, -0.2) is 11.3 Å². The minimum atomic E-state index is -4.50. The van der Waals surface area contributed by atoms with Gasteiger partial charge in [-0.2, -0.15) is 23.7 Å². The molecule has 0 radical (unpaired) electrons. The van der Waals surface area contributed by atoms with E-state index in [9.17, 15) is 18.0 Å². The molecule has 132 valence electrons. The van der Waals surface area contributed by atoms with Crippen LogP contribution in [0.4, 0.5) is 13.2 Å². The number of ketones is 1. The monoisotopic (exact) mass is 366 g/mol. The van der Waals surface area contributed by atoms with Crippen LogP contribution in [-0.2, 0) is 0 Å². The molecule has 0 aromatic heterocycles. The lowest BCUT2D eigenvalue weighted by molar-refractivity contribution is -0.0322. The van der Waals surface area contributed by atoms with E-state index in [1.165, 1.54) is 24.3 Å². The molecule has 0 N–H and O–H groups in total. The summed E-state index contributed by atoms with van der Waals surface area (Å²) in [5, 5.41) is 17.9. The summed E-state index contributed by atoms with van der Waals surface area (Å²) in [6.07, 6.45) is 1.40. The molecule has 0 saturated heterocycles. The predicted molar refractivity (Wildman–Crippen MR) is 90.5 cm³/mol. The summed E-state index contributed by atoms with van der Waals surface area (Å²) in [5.74, 6) is -0.322. The number of alkyl halides is 3. The maximum absolute atomic E-state index is 12.8. The van der Waals surface area contributed by atoms with Gasteiger partial charge in [0.2, 0.25) is 0 Å². The van der Waals surface area contributed by atoms with E-state index in [-0.39, 0.29) is 47.3 Å². The van der Waals surface area contributed by atoms with Gasteiger partial charge in [0.05, 0.1) is 17.7 Å². The van der Waals surface area contributed by atoms with E-state index >= 15 is 0 Å². The van der Waals surface area contributed by atoms with Crippen molar-refractivity contribution in [2.24, 2.45) is 0 Å². The summed E-state index contributed by atoms with van der Waals surface area (Å²) in [7, 11) is 0. The van der Waals surface area contributed by atoms with E-state index in [2.05, 4.69) is 0 Å². The number of rotatable bonds is 8. The van der Waals surface area contributed by atoms with Gasteiger partial charge in [0.25, 0.3) is 0 Å². The van der Waals surface area contributed by atoms with E-state index in [4.69, 9.17) is 10.5 Å². The molecular formula is C18H17F3N2OS. The van der Waals surface area contributed by atoms with Crippen molar-refractivity contribution < 1.29 is 18.0 Å². The number of carbonyl (C=O) groups excluding carboxylic acids is 1. The lowest BCUT2D eigenvalue weighted by Gasteiger charge is -2.12. The maximum Gasteiger partial charge on any atom is 0.446 e. The van der Waals surface area contributed by atoms with E-state index in [0.717, 1.165) is 6.42 Å². The number of nitrogens with zero attached hydrogens (tertiary/aromatic N) is 2. The quantitative estimate of drug-likeness (QED) is 0.434. The standard InChI is InChI=1S/C18H17F3N2OS/c1-2-3-4-15(12-23)17(25-18(19,20)21)10-9-16(24)14-7-5-13(11-22)6-8-14/h5-8H,2-4,9-10H2,1H3/b17-15+. The Kier molecular flexibility index (Phi) is 8.24. The Hall–Kier alpha value is -2.25. The van der Waals surface area contributed by atoms with E-state index in [1.54, 1.807) is 0 Å². The number of benzene rings is 1. The molecule has 0 aliphatic rings. The van der Waals surface area contributed by atoms with E-state index < -0.39 is 5.51 Å². The van der Waals surface area contributed by atoms with Crippen molar-refractivity contribution in [1.29, 1.82) is 10.5 Å². The Labute approximate surface area is 149 Å². The van der Waals surface area contributed by atoms with Crippen molar-refractivity contribution in [3.63, 3.8) is 0 Å². The number of hydrogen-bond acceptors (Lipinski definition) is 4. The summed E-state index contributed by atoms with van der Waals surface area (Å²) in [6.45, 7) is 1.89. The first-order valence-electron chi connectivity index (χ1n) is 7.72. The van der Waals surface area contributed by atoms with Crippen LogP contribution < -0.4 is 0 Å². The zero-order valence-electron chi connectivity index (χ0n) is 13.7. The Bertz CT molecular complexity index is 710. The number of Topliss-reactive ketones (excluding diaryl/α,β-unsaturated/α-hetero) is 1. The molecule has 0 spiro atoms. The molecular weight excluding hydrogens is 349 g/mol. The molecule has 7 heteroatoms. The van der Waals surface area contributed by atoms with Crippen molar-refractivity contribution in [2.75, 3.05) is 0 Å². The molecule has 1 aromatic rings. The molecule has 1 aromatic carbocycles. The Morgan fingerprint density at radius 2 is 1.76 bits per heavy atom. The number of halogens is 3. The molecule has 0 unspecified atom stereocenters. The van der Waals surface area contributed by atoms with Crippen LogP contribution in [0.15, 0.2) is 34.7 Å². The van der Waals surface area contributed by atoms with Crippen LogP contribution in [0.1, 0.15) is 54.9 Å². The van der Waals surface area contributed by atoms with Gasteiger partial charge >= 0.3 is 5.51 Å². The van der Waals surface area contributed by atoms with Crippen LogP contribution in [0, 0.1) is 22.7 Å². The van der Waals surface area contributed by atoms with Gasteiger partial charge in [-0.05, 0) is 43.2 Å². The summed E-state index contributed by atoms with van der Waals surface area (Å²) in [5.41, 5.74) is -3.67. The van der Waals surface area contributed by atoms with Gasteiger partial charge in [-0.25, -0.2) is 0 Å². The van der Waals surface area contributed by atoms with Gasteiger partial charge in [-0.1, -0.05) is 25.5 Å². The topological polar surface area (TPSA) is 64.7 Å². The van der Waals surface area contributed by atoms with Crippen molar-refractivity contribution in [3.05, 3.63) is 45.9 Å². The minimum absolute atomic E-state index is 0.0922. The Balaban J connectivity index is 2.90. The fourth-order valence-corrected chi connectivity index (χ4v) is 2.87. The first-order valence-corrected chi connectivity index (χ1v) is 8.53. The van der Waals surface area contributed by atoms with E-state index in [0.29, 0.717) is 17.5 Å². The molecule has 0 bridgehead atoms. The fraction of sp³-hybridized carbons (Fsp3) is 0.389. The number of allylic oxidation sites excluding steroid dienone is 2. The zero-order valence-corrected chi connectivity index (χ0v) is 14.5. The molecule has 25 heavy (non-hydrogen) atoms. The third-order valence-corrected chi connectivity index (χ3v) is 4.33. The van der Waals surface area contributed by atoms with Gasteiger partial charge in [0.1, 0.15) is 0 Å². The first kappa shape index (κ1) is 20.8. The van der Waals surface area contributed by atoms with Gasteiger partial charge in [-0.15, -0.1) is 0 Å². The summed E-state index contributed by atoms with van der Waals surface area (Å²) >= 11 is -0.310. The average Bonchev–Trinajstić information content (AvgIpc) is 2.58. The smallest absolute Gasteiger partial charge is 0.294 e. The number of hydrogen-bond donors (Lipinski definition) is 0. The number of carbonyl (C=O) groups is 1. The van der Waals surface area contributed by atoms with Crippen molar-refractivity contribution in [2.45, 2.75) is 44.5 Å². The molecule has 0 fully saturated rings. The molecule has 0 saturated carbocycles. The Morgan fingerprint density at radius 3 is 2.24 bits per heavy atom. The van der Waals surface area contributed by atoms with E-state index in [1.807, 2.05) is 19.1 Å². The first-order chi connectivity index (χ1) is 11.8. The highest BCUT2D eigenvalue weighted by Gasteiger charge is 2.31. The highest BCUT2D eigenvalue weighted by Crippen LogP contribution is 2.40. The van der Waals surface area contributed by atoms with Gasteiger partial charge in [0, 0.05) is 22.5 Å². The molecule has 3 nitrogen and oxygen atoms in total. The SMILES string of the molecule is CCCC/C(C#N)=C(/CCC(=O)c1ccc(C#N)cc1)SC(F)(F)F. The third-order valence-electron chi connectivity index (χ3n) is 3.41. The molecule has 1 rings (SSSR count). The highest BCUT2D eigenvalue weighted by molar-refractivity contribution is 8.03. The number of unbranched alkanes of at least 4 members (excludes halogenated alkanes) is 1. The molecule has 0 atom stereocenters. The van der Waals surface area contributed by atoms with Crippen molar-refractivity contribution in [1.82, 2.24) is 0 Å². The van der Waals surface area contributed by atoms with Crippen LogP contribution in [0.3, 0.4) is 0 Å². The predicted octanol–water partition coefficient (Wildman–Crippen LogP) is 5.74. The van der Waals surface area contributed by atoms with Crippen LogP contribution in [0.25, 0.3) is 0 Å². The molecule has 0 aliphatic carbocycles. The molecule has 0 amide bonds. The second-order valence-corrected chi connectivity index (χ2v) is 6.44. The lowest BCUT2D eigenvalue weighted by Crippen LogP contribution is -2.05. The number of nitriles is 2. The van der Waals surface area contributed by atoms with Gasteiger partial charge < -0.3 is 0 Å². The third kappa shape index (κ3) is 7.45. The normalized spacial score (nSPS) is 12.1. The number of thioether (sulfide) groups is 1. The van der Waals surface area contributed by atoms with Gasteiger partial charge in [0.15, 0.2) is 5.78 Å². The van der Waals surface area contributed by atoms with Crippen LogP contribution in [0.2, 0.25) is 0 Å². The zero-order chi connectivity index (χ0) is 18.9. The average molecular weight is 366 g/mol. The van der Waals surface area contributed by atoms with Crippen molar-refractivity contribution >= 4 is 17.5 Å². The summed E-state index contributed by atoms with van der Waals surface area (Å²) in [6, 6.07) is 9.69. The largest absolute Gasteiger partial charge is 0.446 e. The Morgan fingerprint density at radius 1 is 1.12 bits per heavy atom. The van der Waals surface area contributed by atoms with Crippen molar-refractivity contribution in [3.8, 4) is 12.1 Å². The van der Waals surface area contributed by atoms with Gasteiger partial charge in [-0.3, -0.25) is 4.79 Å². The lowest BCUT2D eigenvalue weighted by atomic mass is 10.0.